The van der Waals surface area contributed by atoms with Crippen LogP contribution < -0.4 is 4.74 Å². The molecule has 4 aliphatic heterocycles. The molecule has 0 aliphatic carbocycles. The van der Waals surface area contributed by atoms with Gasteiger partial charge in [-0.3, -0.25) is 4.90 Å². The largest absolute Gasteiger partial charge is 0.434 e. The summed E-state index contributed by atoms with van der Waals surface area (Å²) in [6.45, 7) is 3.38. The van der Waals surface area contributed by atoms with E-state index >= 15 is 0 Å². The van der Waals surface area contributed by atoms with Gasteiger partial charge in [0.15, 0.2) is 5.60 Å². The minimum absolute atomic E-state index is 0.140. The molecule has 5 nitrogen and oxygen atoms in total. The molecule has 2 bridgehead atoms. The number of oxime groups is 1. The van der Waals surface area contributed by atoms with E-state index in [4.69, 9.17) is 14.0 Å². The highest BCUT2D eigenvalue weighted by Gasteiger charge is 2.53. The first-order valence-corrected chi connectivity index (χ1v) is 6.53. The van der Waals surface area contributed by atoms with Crippen molar-refractivity contribution in [2.75, 3.05) is 19.6 Å². The lowest BCUT2D eigenvalue weighted by Gasteiger charge is -2.49. The molecular weight excluding hydrogens is 232 g/mol. The first-order valence-electron chi connectivity index (χ1n) is 6.53. The summed E-state index contributed by atoms with van der Waals surface area (Å²) in [6.07, 6.45) is 4.78. The maximum absolute atomic E-state index is 5.76. The lowest BCUT2D eigenvalue weighted by Crippen LogP contribution is -2.59. The lowest BCUT2D eigenvalue weighted by molar-refractivity contribution is -0.136. The van der Waals surface area contributed by atoms with Crippen molar-refractivity contribution >= 4 is 5.90 Å². The predicted molar refractivity (Wildman–Crippen MR) is 64.4 cm³/mol. The Hall–Kier alpha value is -1.49. The van der Waals surface area contributed by atoms with E-state index in [0.29, 0.717) is 17.8 Å². The van der Waals surface area contributed by atoms with Crippen LogP contribution in [0.15, 0.2) is 28.0 Å². The Kier molecular flexibility index (Phi) is 2.17. The zero-order valence-electron chi connectivity index (χ0n) is 10.2. The van der Waals surface area contributed by atoms with Gasteiger partial charge in [0.1, 0.15) is 0 Å². The Balaban J connectivity index is 1.48. The molecule has 5 rings (SSSR count). The lowest BCUT2D eigenvalue weighted by atomic mass is 9.74. The van der Waals surface area contributed by atoms with Crippen LogP contribution in [-0.4, -0.2) is 36.0 Å². The second kappa shape index (κ2) is 3.75. The highest BCUT2D eigenvalue weighted by Crippen LogP contribution is 2.43. The van der Waals surface area contributed by atoms with Crippen molar-refractivity contribution in [3.05, 3.63) is 18.4 Å². The zero-order chi connectivity index (χ0) is 12.0. The normalized spacial score (nSPS) is 37.7. The minimum Gasteiger partial charge on any atom is -0.434 e. The van der Waals surface area contributed by atoms with Gasteiger partial charge >= 0.3 is 0 Å². The summed E-state index contributed by atoms with van der Waals surface area (Å²) in [5.41, 5.74) is -0.140. The van der Waals surface area contributed by atoms with Gasteiger partial charge in [0.25, 0.3) is 5.95 Å². The Morgan fingerprint density at radius 1 is 1.39 bits per heavy atom. The molecule has 0 radical (unpaired) electrons. The summed E-state index contributed by atoms with van der Waals surface area (Å²) in [5.74, 6) is 1.73. The molecule has 1 aromatic rings. The number of ether oxygens (including phenoxy) is 1. The highest BCUT2D eigenvalue weighted by atomic mass is 16.7. The zero-order valence-corrected chi connectivity index (χ0v) is 10.2. The fraction of sp³-hybridized carbons (Fsp3) is 0.615. The number of hydrogen-bond donors (Lipinski definition) is 0. The third-order valence-corrected chi connectivity index (χ3v) is 4.32. The van der Waals surface area contributed by atoms with Crippen LogP contribution in [0.25, 0.3) is 0 Å². The highest BCUT2D eigenvalue weighted by molar-refractivity contribution is 5.80. The van der Waals surface area contributed by atoms with Crippen LogP contribution in [0.3, 0.4) is 0 Å². The molecular formula is C13H16N2O3. The number of fused-ring (bicyclic) bond motifs is 2. The molecule has 0 amide bonds. The summed E-state index contributed by atoms with van der Waals surface area (Å²) in [5, 5.41) is 4.11. The van der Waals surface area contributed by atoms with Gasteiger partial charge in [-0.15, -0.1) is 0 Å². The fourth-order valence-corrected chi connectivity index (χ4v) is 3.38. The van der Waals surface area contributed by atoms with Crippen molar-refractivity contribution < 1.29 is 14.0 Å². The SMILES string of the molecule is c1coc(OC2=NOC3(C2)CN2CCC3CC2)c1. The van der Waals surface area contributed by atoms with Gasteiger partial charge in [-0.1, -0.05) is 5.16 Å². The molecule has 0 saturated carbocycles. The maximum Gasteiger partial charge on any atom is 0.290 e. The second-order valence-corrected chi connectivity index (χ2v) is 5.40. The Bertz CT molecular complexity index is 463. The molecule has 4 aliphatic rings. The molecule has 18 heavy (non-hydrogen) atoms. The van der Waals surface area contributed by atoms with E-state index < -0.39 is 0 Å². The smallest absolute Gasteiger partial charge is 0.290 e. The van der Waals surface area contributed by atoms with Crippen LogP contribution in [-0.2, 0) is 4.84 Å². The van der Waals surface area contributed by atoms with Crippen LogP contribution >= 0.6 is 0 Å². The number of piperidine rings is 3. The molecule has 5 heterocycles. The molecule has 1 atom stereocenters. The standard InChI is InChI=1S/C13H16N2O3/c1-2-12(16-7-1)17-11-8-13(18-14-11)9-15-5-3-10(13)4-6-15/h1-2,7,10H,3-6,8-9H2. The summed E-state index contributed by atoms with van der Waals surface area (Å²) < 4.78 is 10.8. The van der Waals surface area contributed by atoms with Gasteiger partial charge in [-0.25, -0.2) is 0 Å². The van der Waals surface area contributed by atoms with E-state index in [2.05, 4.69) is 10.1 Å². The minimum atomic E-state index is -0.140. The molecule has 1 spiro atoms. The van der Waals surface area contributed by atoms with E-state index in [0.717, 1.165) is 13.0 Å². The molecule has 96 valence electrons. The summed E-state index contributed by atoms with van der Waals surface area (Å²) in [6, 6.07) is 3.58. The van der Waals surface area contributed by atoms with Crippen LogP contribution in [0.1, 0.15) is 19.3 Å². The van der Waals surface area contributed by atoms with Crippen LogP contribution in [0.4, 0.5) is 0 Å². The number of hydrogen-bond acceptors (Lipinski definition) is 5. The van der Waals surface area contributed by atoms with Crippen molar-refractivity contribution in [1.29, 1.82) is 0 Å². The van der Waals surface area contributed by atoms with Gasteiger partial charge in [0, 0.05) is 18.5 Å². The van der Waals surface area contributed by atoms with E-state index in [9.17, 15) is 0 Å². The Morgan fingerprint density at radius 2 is 2.28 bits per heavy atom. The van der Waals surface area contributed by atoms with Crippen LogP contribution in [0.2, 0.25) is 0 Å². The number of nitrogens with zero attached hydrogens (tertiary/aromatic N) is 2. The molecule has 3 saturated heterocycles. The summed E-state index contributed by atoms with van der Waals surface area (Å²) in [7, 11) is 0. The van der Waals surface area contributed by atoms with E-state index in [1.165, 1.54) is 25.9 Å². The van der Waals surface area contributed by atoms with Crippen molar-refractivity contribution in [3.63, 3.8) is 0 Å². The quantitative estimate of drug-likeness (QED) is 0.761. The van der Waals surface area contributed by atoms with Crippen molar-refractivity contribution in [2.24, 2.45) is 11.1 Å². The second-order valence-electron chi connectivity index (χ2n) is 5.40. The van der Waals surface area contributed by atoms with E-state index in [-0.39, 0.29) is 5.60 Å². The van der Waals surface area contributed by atoms with E-state index in [1.807, 2.05) is 0 Å². The van der Waals surface area contributed by atoms with Gasteiger partial charge in [-0.2, -0.15) is 0 Å². The molecule has 3 fully saturated rings. The summed E-state index contributed by atoms with van der Waals surface area (Å²) in [4.78, 5) is 8.22. The third kappa shape index (κ3) is 1.54. The predicted octanol–water partition coefficient (Wildman–Crippen LogP) is 1.86. The number of furan rings is 1. The van der Waals surface area contributed by atoms with E-state index in [1.54, 1.807) is 18.4 Å². The van der Waals surface area contributed by atoms with Gasteiger partial charge in [0.05, 0.1) is 12.7 Å². The van der Waals surface area contributed by atoms with Gasteiger partial charge in [-0.05, 0) is 32.0 Å². The third-order valence-electron chi connectivity index (χ3n) is 4.32. The first kappa shape index (κ1) is 10.4. The average Bonchev–Trinajstić information content (AvgIpc) is 3.02. The van der Waals surface area contributed by atoms with Gasteiger partial charge in [0.2, 0.25) is 5.90 Å². The monoisotopic (exact) mass is 248 g/mol. The Morgan fingerprint density at radius 3 is 2.94 bits per heavy atom. The van der Waals surface area contributed by atoms with Gasteiger partial charge < -0.3 is 14.0 Å². The fourth-order valence-electron chi connectivity index (χ4n) is 3.38. The van der Waals surface area contributed by atoms with Crippen LogP contribution in [0.5, 0.6) is 5.95 Å². The van der Waals surface area contributed by atoms with Crippen molar-refractivity contribution in [3.8, 4) is 5.95 Å². The summed E-state index contributed by atoms with van der Waals surface area (Å²) >= 11 is 0. The average molecular weight is 248 g/mol. The van der Waals surface area contributed by atoms with Crippen molar-refractivity contribution in [2.45, 2.75) is 24.9 Å². The van der Waals surface area contributed by atoms with Crippen molar-refractivity contribution in [1.82, 2.24) is 4.90 Å². The molecule has 0 aromatic carbocycles. The van der Waals surface area contributed by atoms with Crippen LogP contribution in [0, 0.1) is 5.92 Å². The Labute approximate surface area is 105 Å². The maximum atomic E-state index is 5.76. The molecule has 5 heteroatoms. The first-order chi connectivity index (χ1) is 8.84. The molecule has 1 unspecified atom stereocenters. The molecule has 1 aromatic heterocycles. The number of rotatable bonds is 1. The topological polar surface area (TPSA) is 47.2 Å². The molecule has 0 N–H and O–H groups in total.